The molecule has 0 saturated carbocycles. The topological polar surface area (TPSA) is 69.2 Å². The molecule has 0 amide bonds. The fourth-order valence-electron chi connectivity index (χ4n) is 4.76. The quantitative estimate of drug-likeness (QED) is 0.643. The number of hydrogen-bond acceptors (Lipinski definition) is 6. The molecule has 1 aromatic carbocycles. The minimum atomic E-state index is -0.331. The summed E-state index contributed by atoms with van der Waals surface area (Å²) in [5.41, 5.74) is 1.24. The van der Waals surface area contributed by atoms with E-state index in [4.69, 9.17) is 9.26 Å². The molecule has 2 aliphatic rings. The Morgan fingerprint density at radius 2 is 1.87 bits per heavy atom. The molecule has 0 N–H and O–H groups in total. The predicted molar refractivity (Wildman–Crippen MR) is 110 cm³/mol. The monoisotopic (exact) mass is 413 g/mol. The maximum absolute atomic E-state index is 14.6. The molecule has 30 heavy (non-hydrogen) atoms. The summed E-state index contributed by atoms with van der Waals surface area (Å²) in [6, 6.07) is 5.68. The molecule has 7 nitrogen and oxygen atoms in total. The fourth-order valence-corrected chi connectivity index (χ4v) is 4.76. The van der Waals surface area contributed by atoms with Crippen LogP contribution in [0.5, 0.6) is 0 Å². The molecule has 0 aliphatic carbocycles. The van der Waals surface area contributed by atoms with Crippen molar-refractivity contribution in [3.8, 4) is 5.95 Å². The zero-order chi connectivity index (χ0) is 20.7. The van der Waals surface area contributed by atoms with Gasteiger partial charge in [0.05, 0.1) is 5.69 Å². The SMILES string of the molecule is CC(C)c1nn(-c2noc(C3CCN(C4CCOCC4)CC3)n2)c2c(F)cccc12. The van der Waals surface area contributed by atoms with E-state index < -0.39 is 0 Å². The van der Waals surface area contributed by atoms with Gasteiger partial charge in [0.25, 0.3) is 5.95 Å². The Balaban J connectivity index is 1.37. The minimum Gasteiger partial charge on any atom is -0.381 e. The van der Waals surface area contributed by atoms with Crippen LogP contribution < -0.4 is 0 Å². The first-order valence-electron chi connectivity index (χ1n) is 10.9. The fraction of sp³-hybridized carbons (Fsp3) is 0.591. The molecule has 2 aromatic heterocycles. The van der Waals surface area contributed by atoms with E-state index in [0.717, 1.165) is 63.1 Å². The summed E-state index contributed by atoms with van der Waals surface area (Å²) in [7, 11) is 0. The number of nitrogens with zero attached hydrogens (tertiary/aromatic N) is 5. The van der Waals surface area contributed by atoms with E-state index in [2.05, 4.69) is 20.1 Å². The molecule has 2 saturated heterocycles. The Morgan fingerprint density at radius 1 is 1.10 bits per heavy atom. The number of rotatable bonds is 4. The van der Waals surface area contributed by atoms with Crippen LogP contribution in [0.1, 0.15) is 63.0 Å². The molecular formula is C22H28FN5O2. The van der Waals surface area contributed by atoms with Gasteiger partial charge in [-0.15, -0.1) is 0 Å². The van der Waals surface area contributed by atoms with Crippen LogP contribution in [0, 0.1) is 5.82 Å². The Kier molecular flexibility index (Phi) is 5.28. The van der Waals surface area contributed by atoms with Crippen molar-refractivity contribution in [1.29, 1.82) is 0 Å². The second-order valence-electron chi connectivity index (χ2n) is 8.67. The third-order valence-corrected chi connectivity index (χ3v) is 6.44. The van der Waals surface area contributed by atoms with Crippen molar-refractivity contribution >= 4 is 10.9 Å². The van der Waals surface area contributed by atoms with Crippen LogP contribution in [0.2, 0.25) is 0 Å². The van der Waals surface area contributed by atoms with Crippen LogP contribution in [0.25, 0.3) is 16.9 Å². The number of para-hydroxylation sites is 1. The van der Waals surface area contributed by atoms with Gasteiger partial charge in [0.1, 0.15) is 11.3 Å². The lowest BCUT2D eigenvalue weighted by Gasteiger charge is -2.38. The Morgan fingerprint density at radius 3 is 2.60 bits per heavy atom. The van der Waals surface area contributed by atoms with Gasteiger partial charge in [-0.2, -0.15) is 14.8 Å². The molecule has 2 fully saturated rings. The highest BCUT2D eigenvalue weighted by Crippen LogP contribution is 2.32. The van der Waals surface area contributed by atoms with Crippen molar-refractivity contribution in [2.45, 2.75) is 57.4 Å². The number of fused-ring (bicyclic) bond motifs is 1. The molecule has 0 radical (unpaired) electrons. The van der Waals surface area contributed by atoms with Gasteiger partial charge in [-0.1, -0.05) is 26.0 Å². The average molecular weight is 413 g/mol. The Hall–Kier alpha value is -2.32. The third kappa shape index (κ3) is 3.52. The molecule has 0 unspecified atom stereocenters. The summed E-state index contributed by atoms with van der Waals surface area (Å²) in [4.78, 5) is 7.19. The molecule has 160 valence electrons. The highest BCUT2D eigenvalue weighted by Gasteiger charge is 2.30. The maximum atomic E-state index is 14.6. The number of piperidine rings is 1. The van der Waals surface area contributed by atoms with Crippen molar-refractivity contribution in [2.24, 2.45) is 0 Å². The normalized spacial score (nSPS) is 19.9. The maximum Gasteiger partial charge on any atom is 0.291 e. The van der Waals surface area contributed by atoms with Crippen LogP contribution in [-0.2, 0) is 4.74 Å². The van der Waals surface area contributed by atoms with Gasteiger partial charge in [0.15, 0.2) is 0 Å². The second-order valence-corrected chi connectivity index (χ2v) is 8.67. The number of hydrogen-bond donors (Lipinski definition) is 0. The van der Waals surface area contributed by atoms with E-state index >= 15 is 0 Å². The van der Waals surface area contributed by atoms with Crippen molar-refractivity contribution < 1.29 is 13.7 Å². The minimum absolute atomic E-state index is 0.163. The molecule has 4 heterocycles. The van der Waals surface area contributed by atoms with Crippen LogP contribution in [-0.4, -0.2) is 57.2 Å². The Labute approximate surface area is 175 Å². The summed E-state index contributed by atoms with van der Waals surface area (Å²) in [6.45, 7) is 7.89. The van der Waals surface area contributed by atoms with Gasteiger partial charge in [0.2, 0.25) is 5.89 Å². The standard InChI is InChI=1S/C22H28FN5O2/c1-14(2)19-17-4-3-5-18(23)20(17)28(25-19)22-24-21(30-26-22)15-6-10-27(11-7-15)16-8-12-29-13-9-16/h3-5,14-16H,6-13H2,1-2H3. The summed E-state index contributed by atoms with van der Waals surface area (Å²) in [5.74, 6) is 1.000. The summed E-state index contributed by atoms with van der Waals surface area (Å²) >= 11 is 0. The lowest BCUT2D eigenvalue weighted by Crippen LogP contribution is -2.43. The van der Waals surface area contributed by atoms with Gasteiger partial charge >= 0.3 is 0 Å². The lowest BCUT2D eigenvalue weighted by atomic mass is 9.94. The number of halogens is 1. The molecule has 2 aliphatic heterocycles. The number of benzene rings is 1. The molecule has 0 bridgehead atoms. The molecule has 8 heteroatoms. The van der Waals surface area contributed by atoms with Crippen molar-refractivity contribution in [3.63, 3.8) is 0 Å². The van der Waals surface area contributed by atoms with Gasteiger partial charge < -0.3 is 14.2 Å². The van der Waals surface area contributed by atoms with E-state index in [-0.39, 0.29) is 17.7 Å². The van der Waals surface area contributed by atoms with E-state index in [9.17, 15) is 4.39 Å². The first-order chi connectivity index (χ1) is 14.6. The van der Waals surface area contributed by atoms with E-state index in [1.54, 1.807) is 6.07 Å². The van der Waals surface area contributed by atoms with Gasteiger partial charge in [-0.3, -0.25) is 0 Å². The highest BCUT2D eigenvalue weighted by molar-refractivity contribution is 5.84. The third-order valence-electron chi connectivity index (χ3n) is 6.44. The molecule has 0 spiro atoms. The summed E-state index contributed by atoms with van der Waals surface area (Å²) < 4.78 is 27.2. The predicted octanol–water partition coefficient (Wildman–Crippen LogP) is 4.03. The molecule has 0 atom stereocenters. The number of ether oxygens (including phenoxy) is 1. The smallest absolute Gasteiger partial charge is 0.291 e. The lowest BCUT2D eigenvalue weighted by molar-refractivity contribution is 0.0239. The second kappa shape index (κ2) is 8.07. The number of likely N-dealkylation sites (tertiary alicyclic amines) is 1. The number of aromatic nitrogens is 4. The van der Waals surface area contributed by atoms with E-state index in [1.165, 1.54) is 10.7 Å². The molecule has 5 rings (SSSR count). The first-order valence-corrected chi connectivity index (χ1v) is 10.9. The van der Waals surface area contributed by atoms with Crippen molar-refractivity contribution in [3.05, 3.63) is 35.6 Å². The van der Waals surface area contributed by atoms with Crippen LogP contribution in [0.15, 0.2) is 22.7 Å². The molecule has 3 aromatic rings. The zero-order valence-electron chi connectivity index (χ0n) is 17.6. The van der Waals surface area contributed by atoms with Gasteiger partial charge in [-0.25, -0.2) is 4.39 Å². The Bertz CT molecular complexity index is 1020. The van der Waals surface area contributed by atoms with Crippen molar-refractivity contribution in [1.82, 2.24) is 24.8 Å². The first kappa shape index (κ1) is 19.6. The van der Waals surface area contributed by atoms with Crippen LogP contribution in [0.4, 0.5) is 4.39 Å². The summed E-state index contributed by atoms with van der Waals surface area (Å²) in [5, 5.41) is 9.57. The van der Waals surface area contributed by atoms with Crippen LogP contribution >= 0.6 is 0 Å². The zero-order valence-corrected chi connectivity index (χ0v) is 17.6. The van der Waals surface area contributed by atoms with Crippen molar-refractivity contribution in [2.75, 3.05) is 26.3 Å². The van der Waals surface area contributed by atoms with Gasteiger partial charge in [0, 0.05) is 30.6 Å². The van der Waals surface area contributed by atoms with Gasteiger partial charge in [-0.05, 0) is 55.9 Å². The van der Waals surface area contributed by atoms with E-state index in [0.29, 0.717) is 23.4 Å². The average Bonchev–Trinajstić information content (AvgIpc) is 3.40. The highest BCUT2D eigenvalue weighted by atomic mass is 19.1. The van der Waals surface area contributed by atoms with E-state index in [1.807, 2.05) is 19.9 Å². The molecular weight excluding hydrogens is 385 g/mol. The van der Waals surface area contributed by atoms with Crippen LogP contribution in [0.3, 0.4) is 0 Å². The largest absolute Gasteiger partial charge is 0.381 e. The summed E-state index contributed by atoms with van der Waals surface area (Å²) in [6.07, 6.45) is 4.21.